The van der Waals surface area contributed by atoms with Crippen LogP contribution in [0, 0.1) is 17.8 Å². The van der Waals surface area contributed by atoms with Crippen LogP contribution in [0.1, 0.15) is 33.1 Å². The van der Waals surface area contributed by atoms with Gasteiger partial charge in [-0.1, -0.05) is 13.8 Å². The SMILES string of the molecule is CC(C)C(CN)CNCC1CCN(C2CC2)C1. The summed E-state index contributed by atoms with van der Waals surface area (Å²) in [4.78, 5) is 2.69. The molecule has 3 nitrogen and oxygen atoms in total. The molecule has 1 heterocycles. The van der Waals surface area contributed by atoms with Gasteiger partial charge in [0.05, 0.1) is 0 Å². The number of nitrogens with two attached hydrogens (primary N) is 1. The van der Waals surface area contributed by atoms with E-state index in [9.17, 15) is 0 Å². The molecule has 0 bridgehead atoms. The summed E-state index contributed by atoms with van der Waals surface area (Å²) < 4.78 is 0. The van der Waals surface area contributed by atoms with E-state index in [1.54, 1.807) is 0 Å². The molecule has 2 fully saturated rings. The smallest absolute Gasteiger partial charge is 0.00965 e. The zero-order chi connectivity index (χ0) is 12.3. The number of nitrogens with zero attached hydrogens (tertiary/aromatic N) is 1. The van der Waals surface area contributed by atoms with E-state index in [1.165, 1.54) is 38.9 Å². The minimum atomic E-state index is 0.635. The Kier molecular flexibility index (Phi) is 4.83. The van der Waals surface area contributed by atoms with Crippen molar-refractivity contribution in [2.45, 2.75) is 39.2 Å². The zero-order valence-corrected chi connectivity index (χ0v) is 11.5. The van der Waals surface area contributed by atoms with Crippen LogP contribution in [0.25, 0.3) is 0 Å². The second kappa shape index (κ2) is 6.17. The third kappa shape index (κ3) is 3.94. The molecule has 100 valence electrons. The van der Waals surface area contributed by atoms with Gasteiger partial charge in [0.1, 0.15) is 0 Å². The maximum atomic E-state index is 5.79. The summed E-state index contributed by atoms with van der Waals surface area (Å²) in [6, 6.07) is 0.951. The fourth-order valence-electron chi connectivity index (χ4n) is 2.86. The van der Waals surface area contributed by atoms with Gasteiger partial charge in [0.15, 0.2) is 0 Å². The fraction of sp³-hybridized carbons (Fsp3) is 1.00. The molecule has 0 spiro atoms. The van der Waals surface area contributed by atoms with Gasteiger partial charge in [0, 0.05) is 12.6 Å². The van der Waals surface area contributed by atoms with Gasteiger partial charge in [0.25, 0.3) is 0 Å². The van der Waals surface area contributed by atoms with Gasteiger partial charge in [-0.2, -0.15) is 0 Å². The Morgan fingerprint density at radius 3 is 2.65 bits per heavy atom. The van der Waals surface area contributed by atoms with Gasteiger partial charge in [-0.3, -0.25) is 0 Å². The predicted octanol–water partition coefficient (Wildman–Crippen LogP) is 1.29. The van der Waals surface area contributed by atoms with Crippen molar-refractivity contribution >= 4 is 0 Å². The van der Waals surface area contributed by atoms with E-state index in [-0.39, 0.29) is 0 Å². The Morgan fingerprint density at radius 1 is 1.29 bits per heavy atom. The second-order valence-corrected chi connectivity index (χ2v) is 6.28. The lowest BCUT2D eigenvalue weighted by Gasteiger charge is -2.21. The topological polar surface area (TPSA) is 41.3 Å². The van der Waals surface area contributed by atoms with Crippen molar-refractivity contribution in [2.24, 2.45) is 23.5 Å². The molecule has 2 unspecified atom stereocenters. The Morgan fingerprint density at radius 2 is 2.06 bits per heavy atom. The first-order valence-corrected chi connectivity index (χ1v) is 7.35. The molecule has 2 atom stereocenters. The number of nitrogens with one attached hydrogen (secondary N) is 1. The van der Waals surface area contributed by atoms with E-state index >= 15 is 0 Å². The van der Waals surface area contributed by atoms with E-state index in [2.05, 4.69) is 24.1 Å². The highest BCUT2D eigenvalue weighted by molar-refractivity contribution is 4.90. The molecule has 0 radical (unpaired) electrons. The van der Waals surface area contributed by atoms with Gasteiger partial charge in [-0.15, -0.1) is 0 Å². The third-order valence-corrected chi connectivity index (χ3v) is 4.47. The average molecular weight is 239 g/mol. The maximum Gasteiger partial charge on any atom is 0.00965 e. The molecule has 3 heteroatoms. The van der Waals surface area contributed by atoms with Gasteiger partial charge >= 0.3 is 0 Å². The Balaban J connectivity index is 1.59. The summed E-state index contributed by atoms with van der Waals surface area (Å²) >= 11 is 0. The Labute approximate surface area is 106 Å². The van der Waals surface area contributed by atoms with Crippen LogP contribution in [0.15, 0.2) is 0 Å². The van der Waals surface area contributed by atoms with Crippen LogP contribution in [0.4, 0.5) is 0 Å². The lowest BCUT2D eigenvalue weighted by molar-refractivity contribution is 0.306. The van der Waals surface area contributed by atoms with Crippen LogP contribution in [-0.2, 0) is 0 Å². The van der Waals surface area contributed by atoms with Crippen LogP contribution in [-0.4, -0.2) is 43.7 Å². The van der Waals surface area contributed by atoms with Gasteiger partial charge in [-0.25, -0.2) is 0 Å². The molecule has 17 heavy (non-hydrogen) atoms. The first-order valence-electron chi connectivity index (χ1n) is 7.35. The predicted molar refractivity (Wildman–Crippen MR) is 73.0 cm³/mol. The molecule has 1 saturated carbocycles. The van der Waals surface area contributed by atoms with Gasteiger partial charge in [0.2, 0.25) is 0 Å². The third-order valence-electron chi connectivity index (χ3n) is 4.47. The number of rotatable bonds is 7. The number of hydrogen-bond acceptors (Lipinski definition) is 3. The van der Waals surface area contributed by atoms with E-state index < -0.39 is 0 Å². The summed E-state index contributed by atoms with van der Waals surface area (Å²) in [7, 11) is 0. The largest absolute Gasteiger partial charge is 0.330 e. The molecule has 0 amide bonds. The Hall–Kier alpha value is -0.120. The summed E-state index contributed by atoms with van der Waals surface area (Å²) in [5.74, 6) is 2.20. The maximum absolute atomic E-state index is 5.79. The molecule has 1 aliphatic heterocycles. The quantitative estimate of drug-likeness (QED) is 0.703. The van der Waals surface area contributed by atoms with Crippen LogP contribution in [0.3, 0.4) is 0 Å². The van der Waals surface area contributed by atoms with E-state index in [0.29, 0.717) is 11.8 Å². The minimum Gasteiger partial charge on any atom is -0.330 e. The summed E-state index contributed by atoms with van der Waals surface area (Å²) in [5, 5.41) is 3.63. The average Bonchev–Trinajstić information content (AvgIpc) is 3.05. The van der Waals surface area contributed by atoms with Crippen LogP contribution >= 0.6 is 0 Å². The van der Waals surface area contributed by atoms with E-state index in [1.807, 2.05) is 0 Å². The number of hydrogen-bond donors (Lipinski definition) is 2. The molecular weight excluding hydrogens is 210 g/mol. The van der Waals surface area contributed by atoms with Gasteiger partial charge in [-0.05, 0) is 63.2 Å². The fourth-order valence-corrected chi connectivity index (χ4v) is 2.86. The van der Waals surface area contributed by atoms with Crippen molar-refractivity contribution in [3.8, 4) is 0 Å². The molecule has 1 saturated heterocycles. The second-order valence-electron chi connectivity index (χ2n) is 6.28. The van der Waals surface area contributed by atoms with E-state index in [4.69, 9.17) is 5.73 Å². The van der Waals surface area contributed by atoms with Crippen molar-refractivity contribution in [3.05, 3.63) is 0 Å². The van der Waals surface area contributed by atoms with Crippen molar-refractivity contribution in [2.75, 3.05) is 32.7 Å². The van der Waals surface area contributed by atoms with Crippen molar-refractivity contribution < 1.29 is 0 Å². The Bertz CT molecular complexity index is 226. The summed E-state index contributed by atoms with van der Waals surface area (Å²) in [6.45, 7) is 10.3. The molecule has 0 aromatic heterocycles. The van der Waals surface area contributed by atoms with Gasteiger partial charge < -0.3 is 16.0 Å². The first-order chi connectivity index (χ1) is 8.20. The normalized spacial score (nSPS) is 27.9. The highest BCUT2D eigenvalue weighted by Gasteiger charge is 2.34. The van der Waals surface area contributed by atoms with Crippen LogP contribution < -0.4 is 11.1 Å². The zero-order valence-electron chi connectivity index (χ0n) is 11.5. The first kappa shape index (κ1) is 13.3. The lowest BCUT2D eigenvalue weighted by Crippen LogP contribution is -2.35. The molecule has 0 aromatic carbocycles. The molecule has 3 N–H and O–H groups in total. The lowest BCUT2D eigenvalue weighted by atomic mass is 9.96. The molecule has 0 aromatic rings. The minimum absolute atomic E-state index is 0.635. The van der Waals surface area contributed by atoms with Crippen LogP contribution in [0.2, 0.25) is 0 Å². The monoisotopic (exact) mass is 239 g/mol. The molecule has 1 aliphatic carbocycles. The highest BCUT2D eigenvalue weighted by Crippen LogP contribution is 2.31. The molecular formula is C14H29N3. The molecule has 2 rings (SSSR count). The summed E-state index contributed by atoms with van der Waals surface area (Å²) in [6.07, 6.45) is 4.28. The van der Waals surface area contributed by atoms with Crippen molar-refractivity contribution in [3.63, 3.8) is 0 Å². The van der Waals surface area contributed by atoms with Crippen LogP contribution in [0.5, 0.6) is 0 Å². The molecule has 2 aliphatic rings. The highest BCUT2D eigenvalue weighted by atomic mass is 15.2. The summed E-state index contributed by atoms with van der Waals surface area (Å²) in [5.41, 5.74) is 5.79. The van der Waals surface area contributed by atoms with Crippen molar-refractivity contribution in [1.82, 2.24) is 10.2 Å². The number of likely N-dealkylation sites (tertiary alicyclic amines) is 1. The standard InChI is InChI=1S/C14H29N3/c1-11(2)13(7-15)9-16-8-12-5-6-17(10-12)14-3-4-14/h11-14,16H,3-10,15H2,1-2H3. The van der Waals surface area contributed by atoms with E-state index in [0.717, 1.165) is 25.0 Å². The van der Waals surface area contributed by atoms with Crippen molar-refractivity contribution in [1.29, 1.82) is 0 Å².